The Labute approximate surface area is 165 Å². The van der Waals surface area contributed by atoms with Crippen molar-refractivity contribution in [2.24, 2.45) is 0 Å². The van der Waals surface area contributed by atoms with Crippen molar-refractivity contribution in [2.75, 3.05) is 27.3 Å². The van der Waals surface area contributed by atoms with Crippen molar-refractivity contribution < 1.29 is 22.7 Å². The average Bonchev–Trinajstić information content (AvgIpc) is 2.73. The van der Waals surface area contributed by atoms with Crippen molar-refractivity contribution >= 4 is 15.9 Å². The number of piperidine rings is 1. The van der Waals surface area contributed by atoms with E-state index in [2.05, 4.69) is 4.72 Å². The summed E-state index contributed by atoms with van der Waals surface area (Å²) in [4.78, 5) is 14.6. The summed E-state index contributed by atoms with van der Waals surface area (Å²) in [6.07, 6.45) is 1.13. The molecule has 0 unspecified atom stereocenters. The standard InChI is InChI=1S/C20H24N2O5S/c1-26-17-5-3-15(4-6-17)20(23)22-13-11-16(12-14-22)21-28(24,25)19-9-7-18(27-2)8-10-19/h3-10,16,21H,11-14H2,1-2H3. The number of benzene rings is 2. The number of rotatable bonds is 6. The van der Waals surface area contributed by atoms with E-state index in [1.165, 1.54) is 19.2 Å². The summed E-state index contributed by atoms with van der Waals surface area (Å²) >= 11 is 0. The Kier molecular flexibility index (Phi) is 6.21. The summed E-state index contributed by atoms with van der Waals surface area (Å²) in [5.41, 5.74) is 0.595. The highest BCUT2D eigenvalue weighted by Gasteiger charge is 2.27. The van der Waals surface area contributed by atoms with Crippen LogP contribution in [0.5, 0.6) is 11.5 Å². The maximum absolute atomic E-state index is 12.6. The quantitative estimate of drug-likeness (QED) is 0.799. The topological polar surface area (TPSA) is 84.9 Å². The molecule has 0 atom stereocenters. The van der Waals surface area contributed by atoms with Gasteiger partial charge in [-0.15, -0.1) is 0 Å². The number of ether oxygens (including phenoxy) is 2. The van der Waals surface area contributed by atoms with Gasteiger partial charge in [0.05, 0.1) is 19.1 Å². The molecule has 8 heteroatoms. The van der Waals surface area contributed by atoms with Crippen molar-refractivity contribution in [3.8, 4) is 11.5 Å². The minimum atomic E-state index is -3.61. The van der Waals surface area contributed by atoms with Crippen LogP contribution in [-0.4, -0.2) is 52.6 Å². The van der Waals surface area contributed by atoms with Crippen molar-refractivity contribution in [3.05, 3.63) is 54.1 Å². The average molecular weight is 404 g/mol. The fourth-order valence-corrected chi connectivity index (χ4v) is 4.46. The van der Waals surface area contributed by atoms with E-state index in [4.69, 9.17) is 9.47 Å². The molecule has 0 radical (unpaired) electrons. The monoisotopic (exact) mass is 404 g/mol. The lowest BCUT2D eigenvalue weighted by molar-refractivity contribution is 0.0711. The van der Waals surface area contributed by atoms with E-state index in [9.17, 15) is 13.2 Å². The smallest absolute Gasteiger partial charge is 0.253 e. The predicted molar refractivity (Wildman–Crippen MR) is 105 cm³/mol. The van der Waals surface area contributed by atoms with E-state index >= 15 is 0 Å². The van der Waals surface area contributed by atoms with Gasteiger partial charge in [0.25, 0.3) is 5.91 Å². The maximum Gasteiger partial charge on any atom is 0.253 e. The number of carbonyl (C=O) groups excluding carboxylic acids is 1. The van der Waals surface area contributed by atoms with Gasteiger partial charge in [-0.25, -0.2) is 13.1 Å². The number of likely N-dealkylation sites (tertiary alicyclic amines) is 1. The molecule has 2 aromatic rings. The molecule has 28 heavy (non-hydrogen) atoms. The third-order valence-electron chi connectivity index (χ3n) is 4.81. The van der Waals surface area contributed by atoms with Crippen LogP contribution in [-0.2, 0) is 10.0 Å². The summed E-state index contributed by atoms with van der Waals surface area (Å²) in [7, 11) is -0.497. The van der Waals surface area contributed by atoms with E-state index in [1.807, 2.05) is 0 Å². The van der Waals surface area contributed by atoms with Gasteiger partial charge in [-0.05, 0) is 61.4 Å². The predicted octanol–water partition coefficient (Wildman–Crippen LogP) is 2.29. The lowest BCUT2D eigenvalue weighted by Gasteiger charge is -2.32. The lowest BCUT2D eigenvalue weighted by atomic mass is 10.0. The van der Waals surface area contributed by atoms with E-state index < -0.39 is 10.0 Å². The van der Waals surface area contributed by atoms with Gasteiger partial charge < -0.3 is 14.4 Å². The highest BCUT2D eigenvalue weighted by molar-refractivity contribution is 7.89. The SMILES string of the molecule is COc1ccc(C(=O)N2CCC(NS(=O)(=O)c3ccc(OC)cc3)CC2)cc1. The number of carbonyl (C=O) groups is 1. The van der Waals surface area contributed by atoms with Crippen LogP contribution >= 0.6 is 0 Å². The molecule has 1 saturated heterocycles. The van der Waals surface area contributed by atoms with Crippen molar-refractivity contribution in [1.29, 1.82) is 0 Å². The second-order valence-electron chi connectivity index (χ2n) is 6.59. The molecule has 1 fully saturated rings. The molecule has 1 aliphatic rings. The summed E-state index contributed by atoms with van der Waals surface area (Å²) in [6, 6.07) is 13.0. The molecule has 0 spiro atoms. The Hall–Kier alpha value is -2.58. The minimum Gasteiger partial charge on any atom is -0.497 e. The Morgan fingerprint density at radius 3 is 1.93 bits per heavy atom. The van der Waals surface area contributed by atoms with Gasteiger partial charge >= 0.3 is 0 Å². The molecule has 0 saturated carbocycles. The molecule has 0 bridgehead atoms. The first-order valence-electron chi connectivity index (χ1n) is 9.02. The molecule has 0 aliphatic carbocycles. The molecular formula is C20H24N2O5S. The lowest BCUT2D eigenvalue weighted by Crippen LogP contribution is -2.46. The normalized spacial score (nSPS) is 15.3. The van der Waals surface area contributed by atoms with E-state index in [0.717, 1.165) is 0 Å². The molecule has 1 heterocycles. The molecule has 1 amide bonds. The summed E-state index contributed by atoms with van der Waals surface area (Å²) in [6.45, 7) is 1.00. The molecule has 1 aliphatic heterocycles. The second kappa shape index (κ2) is 8.62. The molecule has 150 valence electrons. The van der Waals surface area contributed by atoms with Crippen LogP contribution in [0.3, 0.4) is 0 Å². The van der Waals surface area contributed by atoms with E-state index in [-0.39, 0.29) is 16.8 Å². The number of sulfonamides is 1. The third-order valence-corrected chi connectivity index (χ3v) is 6.35. The van der Waals surface area contributed by atoms with Crippen LogP contribution in [0.4, 0.5) is 0 Å². The summed E-state index contributed by atoms with van der Waals surface area (Å²) < 4.78 is 38.0. The molecular weight excluding hydrogens is 380 g/mol. The highest BCUT2D eigenvalue weighted by Crippen LogP contribution is 2.20. The molecule has 3 rings (SSSR count). The van der Waals surface area contributed by atoms with Gasteiger partial charge in [-0.3, -0.25) is 4.79 Å². The van der Waals surface area contributed by atoms with Crippen LogP contribution in [0.1, 0.15) is 23.2 Å². The number of hydrogen-bond donors (Lipinski definition) is 1. The van der Waals surface area contributed by atoms with E-state index in [0.29, 0.717) is 43.0 Å². The number of methoxy groups -OCH3 is 2. The number of hydrogen-bond acceptors (Lipinski definition) is 5. The molecule has 1 N–H and O–H groups in total. The second-order valence-corrected chi connectivity index (χ2v) is 8.31. The number of nitrogens with zero attached hydrogens (tertiary/aromatic N) is 1. The van der Waals surface area contributed by atoms with Gasteiger partial charge in [0.15, 0.2) is 0 Å². The summed E-state index contributed by atoms with van der Waals surface area (Å²) in [5.74, 6) is 1.24. The highest BCUT2D eigenvalue weighted by atomic mass is 32.2. The fraction of sp³-hybridized carbons (Fsp3) is 0.350. The first-order chi connectivity index (χ1) is 13.4. The molecule has 2 aromatic carbocycles. The minimum absolute atomic E-state index is 0.0564. The molecule has 0 aromatic heterocycles. The Morgan fingerprint density at radius 1 is 0.929 bits per heavy atom. The van der Waals surface area contributed by atoms with Gasteiger partial charge in [0.2, 0.25) is 10.0 Å². The van der Waals surface area contributed by atoms with Gasteiger partial charge in [-0.1, -0.05) is 0 Å². The Balaban J connectivity index is 1.57. The van der Waals surface area contributed by atoms with Crippen LogP contribution in [0.25, 0.3) is 0 Å². The van der Waals surface area contributed by atoms with Crippen LogP contribution < -0.4 is 14.2 Å². The third kappa shape index (κ3) is 4.63. The van der Waals surface area contributed by atoms with Crippen molar-refractivity contribution in [2.45, 2.75) is 23.8 Å². The van der Waals surface area contributed by atoms with E-state index in [1.54, 1.807) is 48.4 Å². The van der Waals surface area contributed by atoms with Crippen LogP contribution in [0, 0.1) is 0 Å². The first kappa shape index (κ1) is 20.2. The molecule has 7 nitrogen and oxygen atoms in total. The van der Waals surface area contributed by atoms with Crippen LogP contribution in [0.2, 0.25) is 0 Å². The zero-order chi connectivity index (χ0) is 20.1. The fourth-order valence-electron chi connectivity index (χ4n) is 3.16. The zero-order valence-electron chi connectivity index (χ0n) is 15.9. The largest absolute Gasteiger partial charge is 0.497 e. The van der Waals surface area contributed by atoms with Gasteiger partial charge in [-0.2, -0.15) is 0 Å². The van der Waals surface area contributed by atoms with Crippen LogP contribution in [0.15, 0.2) is 53.4 Å². The van der Waals surface area contributed by atoms with Crippen molar-refractivity contribution in [1.82, 2.24) is 9.62 Å². The number of amides is 1. The first-order valence-corrected chi connectivity index (χ1v) is 10.5. The zero-order valence-corrected chi connectivity index (χ0v) is 16.7. The maximum atomic E-state index is 12.6. The Morgan fingerprint density at radius 2 is 1.43 bits per heavy atom. The number of nitrogens with one attached hydrogen (secondary N) is 1. The van der Waals surface area contributed by atoms with Crippen molar-refractivity contribution in [3.63, 3.8) is 0 Å². The van der Waals surface area contributed by atoms with Gasteiger partial charge in [0, 0.05) is 24.7 Å². The van der Waals surface area contributed by atoms with Gasteiger partial charge in [0.1, 0.15) is 11.5 Å². The Bertz CT molecular complexity index is 903. The summed E-state index contributed by atoms with van der Waals surface area (Å²) in [5, 5.41) is 0.